The van der Waals surface area contributed by atoms with Crippen LogP contribution in [0.4, 0.5) is 4.39 Å². The summed E-state index contributed by atoms with van der Waals surface area (Å²) >= 11 is 12.8. The van der Waals surface area contributed by atoms with E-state index >= 15 is 0 Å². The number of fused-ring (bicyclic) bond motifs is 1. The van der Waals surface area contributed by atoms with E-state index in [9.17, 15) is 4.39 Å². The Morgan fingerprint density at radius 1 is 0.857 bits per heavy atom. The van der Waals surface area contributed by atoms with Crippen molar-refractivity contribution in [1.29, 1.82) is 0 Å². The van der Waals surface area contributed by atoms with Gasteiger partial charge in [-0.1, -0.05) is 54.1 Å². The standard InChI is InChI=1S/C18H13Cl2F/c19-17-10-9-16(14-3-1-2-4-15(14)17)18(20)11-12-5-7-13(21)8-6-12/h1-10,18H,11H2. The van der Waals surface area contributed by atoms with Crippen molar-refractivity contribution in [3.63, 3.8) is 0 Å². The summed E-state index contributed by atoms with van der Waals surface area (Å²) in [4.78, 5) is 0. The number of benzene rings is 3. The highest BCUT2D eigenvalue weighted by molar-refractivity contribution is 6.35. The van der Waals surface area contributed by atoms with Gasteiger partial charge in [-0.25, -0.2) is 4.39 Å². The van der Waals surface area contributed by atoms with Crippen LogP contribution in [-0.2, 0) is 6.42 Å². The van der Waals surface area contributed by atoms with Gasteiger partial charge in [0, 0.05) is 10.4 Å². The Labute approximate surface area is 133 Å². The van der Waals surface area contributed by atoms with Crippen molar-refractivity contribution in [2.75, 3.05) is 0 Å². The van der Waals surface area contributed by atoms with Crippen LogP contribution >= 0.6 is 23.2 Å². The smallest absolute Gasteiger partial charge is 0.123 e. The molecule has 3 aromatic carbocycles. The Kier molecular flexibility index (Phi) is 4.14. The molecule has 0 bridgehead atoms. The first-order valence-corrected chi connectivity index (χ1v) is 7.52. The predicted molar refractivity (Wildman–Crippen MR) is 87.7 cm³/mol. The average molecular weight is 319 g/mol. The quantitative estimate of drug-likeness (QED) is 0.508. The van der Waals surface area contributed by atoms with Crippen LogP contribution in [-0.4, -0.2) is 0 Å². The summed E-state index contributed by atoms with van der Waals surface area (Å²) < 4.78 is 13.0. The molecular formula is C18H13Cl2F. The molecule has 0 aliphatic carbocycles. The molecule has 3 heteroatoms. The molecule has 0 saturated heterocycles. The van der Waals surface area contributed by atoms with Crippen molar-refractivity contribution >= 4 is 34.0 Å². The predicted octanol–water partition coefficient (Wildman–Crippen LogP) is 6.15. The molecule has 0 aliphatic rings. The molecule has 1 unspecified atom stereocenters. The highest BCUT2D eigenvalue weighted by atomic mass is 35.5. The minimum atomic E-state index is -0.234. The summed E-state index contributed by atoms with van der Waals surface area (Å²) in [5.41, 5.74) is 2.05. The van der Waals surface area contributed by atoms with Crippen molar-refractivity contribution < 1.29 is 4.39 Å². The van der Waals surface area contributed by atoms with Crippen molar-refractivity contribution in [3.05, 3.63) is 82.6 Å². The van der Waals surface area contributed by atoms with Gasteiger partial charge in [-0.3, -0.25) is 0 Å². The minimum absolute atomic E-state index is 0.183. The molecule has 0 spiro atoms. The van der Waals surface area contributed by atoms with Gasteiger partial charge in [-0.05, 0) is 41.1 Å². The van der Waals surface area contributed by atoms with E-state index in [4.69, 9.17) is 23.2 Å². The summed E-state index contributed by atoms with van der Waals surface area (Å²) in [5, 5.41) is 2.60. The zero-order chi connectivity index (χ0) is 14.8. The lowest BCUT2D eigenvalue weighted by atomic mass is 9.98. The van der Waals surface area contributed by atoms with Crippen LogP contribution in [0.3, 0.4) is 0 Å². The highest BCUT2D eigenvalue weighted by Crippen LogP contribution is 2.34. The lowest BCUT2D eigenvalue weighted by Gasteiger charge is -2.14. The van der Waals surface area contributed by atoms with Crippen LogP contribution in [0.2, 0.25) is 5.02 Å². The molecule has 0 radical (unpaired) electrons. The Balaban J connectivity index is 1.96. The molecule has 0 aliphatic heterocycles. The lowest BCUT2D eigenvalue weighted by Crippen LogP contribution is -1.97. The van der Waals surface area contributed by atoms with Crippen molar-refractivity contribution in [1.82, 2.24) is 0 Å². The van der Waals surface area contributed by atoms with Crippen LogP contribution in [0, 0.1) is 5.82 Å². The largest absolute Gasteiger partial charge is 0.207 e. The van der Waals surface area contributed by atoms with E-state index in [1.54, 1.807) is 12.1 Å². The average Bonchev–Trinajstić information content (AvgIpc) is 2.50. The van der Waals surface area contributed by atoms with Crippen LogP contribution in [0.5, 0.6) is 0 Å². The first kappa shape index (κ1) is 14.4. The molecule has 0 heterocycles. The van der Waals surface area contributed by atoms with Crippen molar-refractivity contribution in [2.45, 2.75) is 11.8 Å². The number of halogens is 3. The van der Waals surface area contributed by atoms with E-state index < -0.39 is 0 Å². The fraction of sp³-hybridized carbons (Fsp3) is 0.111. The second-order valence-corrected chi connectivity index (χ2v) is 5.91. The molecule has 0 N–H and O–H groups in total. The van der Waals surface area contributed by atoms with E-state index in [-0.39, 0.29) is 11.2 Å². The van der Waals surface area contributed by atoms with E-state index in [0.29, 0.717) is 6.42 Å². The lowest BCUT2D eigenvalue weighted by molar-refractivity contribution is 0.627. The Morgan fingerprint density at radius 2 is 1.52 bits per heavy atom. The summed E-state index contributed by atoms with van der Waals surface area (Å²) in [6.45, 7) is 0. The molecule has 0 aromatic heterocycles. The normalized spacial score (nSPS) is 12.5. The van der Waals surface area contributed by atoms with Gasteiger partial charge in [-0.2, -0.15) is 0 Å². The molecule has 3 rings (SSSR count). The molecule has 1 atom stereocenters. The number of alkyl halides is 1. The SMILES string of the molecule is Fc1ccc(CC(Cl)c2ccc(Cl)c3ccccc23)cc1. The molecule has 0 amide bonds. The van der Waals surface area contributed by atoms with Gasteiger partial charge in [0.25, 0.3) is 0 Å². The minimum Gasteiger partial charge on any atom is -0.207 e. The third-order valence-corrected chi connectivity index (χ3v) is 4.29. The number of rotatable bonds is 3. The monoisotopic (exact) mass is 318 g/mol. The summed E-state index contributed by atoms with van der Waals surface area (Å²) in [5.74, 6) is -0.234. The van der Waals surface area contributed by atoms with Gasteiger partial charge in [0.05, 0.1) is 5.38 Å². The van der Waals surface area contributed by atoms with Gasteiger partial charge in [0.1, 0.15) is 5.82 Å². The Morgan fingerprint density at radius 3 is 2.24 bits per heavy atom. The fourth-order valence-corrected chi connectivity index (χ4v) is 3.09. The second kappa shape index (κ2) is 6.05. The molecule has 3 aromatic rings. The van der Waals surface area contributed by atoms with Gasteiger partial charge >= 0.3 is 0 Å². The summed E-state index contributed by atoms with van der Waals surface area (Å²) in [6, 6.07) is 18.2. The van der Waals surface area contributed by atoms with Gasteiger partial charge in [0.15, 0.2) is 0 Å². The maximum Gasteiger partial charge on any atom is 0.123 e. The Bertz CT molecular complexity index is 766. The van der Waals surface area contributed by atoms with Crippen LogP contribution in [0.15, 0.2) is 60.7 Å². The van der Waals surface area contributed by atoms with Crippen LogP contribution in [0.25, 0.3) is 10.8 Å². The van der Waals surface area contributed by atoms with Crippen LogP contribution in [0.1, 0.15) is 16.5 Å². The summed E-state index contributed by atoms with van der Waals surface area (Å²) in [6.07, 6.45) is 0.646. The van der Waals surface area contributed by atoms with Gasteiger partial charge in [0.2, 0.25) is 0 Å². The van der Waals surface area contributed by atoms with E-state index in [1.165, 1.54) is 12.1 Å². The zero-order valence-corrected chi connectivity index (χ0v) is 12.7. The molecular weight excluding hydrogens is 306 g/mol. The third-order valence-electron chi connectivity index (χ3n) is 3.57. The van der Waals surface area contributed by atoms with Crippen LogP contribution < -0.4 is 0 Å². The van der Waals surface area contributed by atoms with Gasteiger partial charge in [-0.15, -0.1) is 11.6 Å². The first-order chi connectivity index (χ1) is 10.1. The molecule has 0 saturated carbocycles. The molecule has 0 fully saturated rings. The first-order valence-electron chi connectivity index (χ1n) is 6.71. The van der Waals surface area contributed by atoms with E-state index in [1.807, 2.05) is 36.4 Å². The highest BCUT2D eigenvalue weighted by Gasteiger charge is 2.13. The van der Waals surface area contributed by atoms with E-state index in [0.717, 1.165) is 26.9 Å². The van der Waals surface area contributed by atoms with E-state index in [2.05, 4.69) is 0 Å². The molecule has 21 heavy (non-hydrogen) atoms. The Hall–Kier alpha value is -1.57. The number of hydrogen-bond acceptors (Lipinski definition) is 0. The molecule has 106 valence electrons. The summed E-state index contributed by atoms with van der Waals surface area (Å²) in [7, 11) is 0. The fourth-order valence-electron chi connectivity index (χ4n) is 2.50. The maximum absolute atomic E-state index is 13.0. The zero-order valence-electron chi connectivity index (χ0n) is 11.2. The maximum atomic E-state index is 13.0. The van der Waals surface area contributed by atoms with Crippen molar-refractivity contribution in [3.8, 4) is 0 Å². The van der Waals surface area contributed by atoms with Crippen molar-refractivity contribution in [2.24, 2.45) is 0 Å². The van der Waals surface area contributed by atoms with Gasteiger partial charge < -0.3 is 0 Å². The third kappa shape index (κ3) is 3.04. The molecule has 0 nitrogen and oxygen atoms in total. The topological polar surface area (TPSA) is 0 Å². The number of hydrogen-bond donors (Lipinski definition) is 0. The second-order valence-electron chi connectivity index (χ2n) is 4.98.